The van der Waals surface area contributed by atoms with E-state index in [4.69, 9.17) is 16.3 Å². The van der Waals surface area contributed by atoms with Gasteiger partial charge in [-0.05, 0) is 43.1 Å². The van der Waals surface area contributed by atoms with Crippen molar-refractivity contribution in [3.8, 4) is 0 Å². The van der Waals surface area contributed by atoms with Crippen molar-refractivity contribution in [3.63, 3.8) is 0 Å². The third-order valence-electron chi connectivity index (χ3n) is 3.04. The lowest BCUT2D eigenvalue weighted by molar-refractivity contribution is 0.196. The average Bonchev–Trinajstić information content (AvgIpc) is 2.39. The first-order valence-corrected chi connectivity index (χ1v) is 7.26. The summed E-state index contributed by atoms with van der Waals surface area (Å²) in [5.74, 6) is 0. The minimum absolute atomic E-state index is 0.793. The summed E-state index contributed by atoms with van der Waals surface area (Å²) in [4.78, 5) is 2.26. The molecule has 19 heavy (non-hydrogen) atoms. The maximum absolute atomic E-state index is 6.09. The van der Waals surface area contributed by atoms with Gasteiger partial charge in [-0.2, -0.15) is 0 Å². The molecule has 1 aromatic carbocycles. The highest BCUT2D eigenvalue weighted by Gasteiger charge is 2.08. The molecule has 108 valence electrons. The molecule has 0 amide bonds. The van der Waals surface area contributed by atoms with Crippen LogP contribution in [-0.2, 0) is 11.3 Å². The standard InChI is InChI=1S/C15H25ClN2O/c1-4-8-17-12-13-11-14(16)6-7-15(13)18(2)9-5-10-19-3/h6-7,11,17H,4-5,8-10,12H2,1-3H3. The smallest absolute Gasteiger partial charge is 0.0479 e. The second-order valence-electron chi connectivity index (χ2n) is 4.72. The molecule has 0 saturated heterocycles. The molecule has 0 atom stereocenters. The second-order valence-corrected chi connectivity index (χ2v) is 5.15. The lowest BCUT2D eigenvalue weighted by atomic mass is 10.1. The third-order valence-corrected chi connectivity index (χ3v) is 3.27. The van der Waals surface area contributed by atoms with Crippen LogP contribution < -0.4 is 10.2 Å². The molecule has 1 N–H and O–H groups in total. The Bertz CT molecular complexity index is 371. The van der Waals surface area contributed by atoms with E-state index in [0.29, 0.717) is 0 Å². The number of hydrogen-bond acceptors (Lipinski definition) is 3. The number of ether oxygens (including phenoxy) is 1. The Balaban J connectivity index is 2.68. The molecule has 0 radical (unpaired) electrons. The van der Waals surface area contributed by atoms with Crippen LogP contribution >= 0.6 is 11.6 Å². The number of anilines is 1. The highest BCUT2D eigenvalue weighted by Crippen LogP contribution is 2.23. The zero-order chi connectivity index (χ0) is 14.1. The van der Waals surface area contributed by atoms with E-state index >= 15 is 0 Å². The zero-order valence-electron chi connectivity index (χ0n) is 12.2. The minimum atomic E-state index is 0.793. The Morgan fingerprint density at radius 2 is 2.16 bits per heavy atom. The van der Waals surface area contributed by atoms with Crippen molar-refractivity contribution in [2.75, 3.05) is 38.8 Å². The molecule has 0 aliphatic heterocycles. The van der Waals surface area contributed by atoms with Gasteiger partial charge in [0.05, 0.1) is 0 Å². The maximum Gasteiger partial charge on any atom is 0.0479 e. The van der Waals surface area contributed by atoms with E-state index in [1.54, 1.807) is 7.11 Å². The van der Waals surface area contributed by atoms with E-state index in [1.165, 1.54) is 11.3 Å². The lowest BCUT2D eigenvalue weighted by Gasteiger charge is -2.23. The van der Waals surface area contributed by atoms with Crippen molar-refractivity contribution in [1.29, 1.82) is 0 Å². The second kappa shape index (κ2) is 9.18. The van der Waals surface area contributed by atoms with Gasteiger partial charge in [-0.3, -0.25) is 0 Å². The first-order chi connectivity index (χ1) is 9.19. The van der Waals surface area contributed by atoms with Crippen molar-refractivity contribution < 1.29 is 4.74 Å². The number of hydrogen-bond donors (Lipinski definition) is 1. The number of rotatable bonds is 9. The van der Waals surface area contributed by atoms with Crippen LogP contribution in [0.3, 0.4) is 0 Å². The average molecular weight is 285 g/mol. The molecular formula is C15H25ClN2O. The van der Waals surface area contributed by atoms with E-state index in [2.05, 4.69) is 30.3 Å². The van der Waals surface area contributed by atoms with Gasteiger partial charge in [-0.25, -0.2) is 0 Å². The molecule has 0 spiro atoms. The first-order valence-electron chi connectivity index (χ1n) is 6.88. The van der Waals surface area contributed by atoms with Crippen LogP contribution in [-0.4, -0.2) is 33.9 Å². The third kappa shape index (κ3) is 5.81. The van der Waals surface area contributed by atoms with Crippen molar-refractivity contribution in [2.24, 2.45) is 0 Å². The van der Waals surface area contributed by atoms with Crippen LogP contribution in [0.25, 0.3) is 0 Å². The van der Waals surface area contributed by atoms with Crippen LogP contribution in [0.2, 0.25) is 5.02 Å². The van der Waals surface area contributed by atoms with Crippen molar-refractivity contribution >= 4 is 17.3 Å². The van der Waals surface area contributed by atoms with Gasteiger partial charge in [0, 0.05) is 44.6 Å². The summed E-state index contributed by atoms with van der Waals surface area (Å²) in [5, 5.41) is 4.22. The predicted octanol–water partition coefficient (Wildman–Crippen LogP) is 3.31. The lowest BCUT2D eigenvalue weighted by Crippen LogP contribution is -2.23. The van der Waals surface area contributed by atoms with Gasteiger partial charge in [0.25, 0.3) is 0 Å². The Morgan fingerprint density at radius 3 is 2.84 bits per heavy atom. The van der Waals surface area contributed by atoms with Crippen molar-refractivity contribution in [2.45, 2.75) is 26.3 Å². The van der Waals surface area contributed by atoms with Crippen LogP contribution in [0.5, 0.6) is 0 Å². The van der Waals surface area contributed by atoms with Crippen LogP contribution in [0.15, 0.2) is 18.2 Å². The quantitative estimate of drug-likeness (QED) is 0.704. The van der Waals surface area contributed by atoms with Gasteiger partial charge in [0.2, 0.25) is 0 Å². The summed E-state index contributed by atoms with van der Waals surface area (Å²) in [5.41, 5.74) is 2.49. The zero-order valence-corrected chi connectivity index (χ0v) is 13.0. The number of methoxy groups -OCH3 is 1. The Hall–Kier alpha value is -0.770. The fraction of sp³-hybridized carbons (Fsp3) is 0.600. The molecular weight excluding hydrogens is 260 g/mol. The van der Waals surface area contributed by atoms with Gasteiger partial charge >= 0.3 is 0 Å². The minimum Gasteiger partial charge on any atom is -0.385 e. The summed E-state index contributed by atoms with van der Waals surface area (Å²) in [6.45, 7) is 5.83. The van der Waals surface area contributed by atoms with Gasteiger partial charge in [-0.15, -0.1) is 0 Å². The van der Waals surface area contributed by atoms with E-state index in [0.717, 1.165) is 44.1 Å². The molecule has 0 saturated carbocycles. The predicted molar refractivity (Wildman–Crippen MR) is 83.2 cm³/mol. The molecule has 1 rings (SSSR count). The first kappa shape index (κ1) is 16.3. The number of nitrogens with zero attached hydrogens (tertiary/aromatic N) is 1. The monoisotopic (exact) mass is 284 g/mol. The summed E-state index contributed by atoms with van der Waals surface area (Å²) in [6.07, 6.45) is 2.16. The molecule has 0 bridgehead atoms. The maximum atomic E-state index is 6.09. The van der Waals surface area contributed by atoms with E-state index in [9.17, 15) is 0 Å². The van der Waals surface area contributed by atoms with E-state index < -0.39 is 0 Å². The molecule has 0 unspecified atom stereocenters. The summed E-state index contributed by atoms with van der Waals surface area (Å²) in [7, 11) is 3.85. The molecule has 0 fully saturated rings. The fourth-order valence-corrected chi connectivity index (χ4v) is 2.23. The van der Waals surface area contributed by atoms with Crippen LogP contribution in [0.4, 0.5) is 5.69 Å². The molecule has 4 heteroatoms. The molecule has 0 aromatic heterocycles. The highest BCUT2D eigenvalue weighted by atomic mass is 35.5. The van der Waals surface area contributed by atoms with Crippen molar-refractivity contribution in [1.82, 2.24) is 5.32 Å². The summed E-state index contributed by atoms with van der Waals surface area (Å²) in [6, 6.07) is 6.09. The number of benzene rings is 1. The topological polar surface area (TPSA) is 24.5 Å². The Morgan fingerprint density at radius 1 is 1.37 bits per heavy atom. The van der Waals surface area contributed by atoms with E-state index in [-0.39, 0.29) is 0 Å². The molecule has 0 aliphatic rings. The van der Waals surface area contributed by atoms with Crippen LogP contribution in [0.1, 0.15) is 25.3 Å². The van der Waals surface area contributed by atoms with Gasteiger partial charge in [-0.1, -0.05) is 18.5 Å². The summed E-state index contributed by atoms with van der Waals surface area (Å²) < 4.78 is 5.10. The largest absolute Gasteiger partial charge is 0.385 e. The fourth-order valence-electron chi connectivity index (χ4n) is 2.03. The number of nitrogens with one attached hydrogen (secondary N) is 1. The highest BCUT2D eigenvalue weighted by molar-refractivity contribution is 6.30. The van der Waals surface area contributed by atoms with E-state index in [1.807, 2.05) is 12.1 Å². The Kier molecular flexibility index (Phi) is 7.87. The van der Waals surface area contributed by atoms with Gasteiger partial charge < -0.3 is 15.0 Å². The SMILES string of the molecule is CCCNCc1cc(Cl)ccc1N(C)CCCOC. The van der Waals surface area contributed by atoms with Crippen LogP contribution in [0, 0.1) is 0 Å². The van der Waals surface area contributed by atoms with Gasteiger partial charge in [0.15, 0.2) is 0 Å². The van der Waals surface area contributed by atoms with Crippen molar-refractivity contribution in [3.05, 3.63) is 28.8 Å². The van der Waals surface area contributed by atoms with Gasteiger partial charge in [0.1, 0.15) is 0 Å². The Labute approximate surface area is 121 Å². The summed E-state index contributed by atoms with van der Waals surface area (Å²) >= 11 is 6.09. The molecule has 1 aromatic rings. The molecule has 0 heterocycles. The normalized spacial score (nSPS) is 10.7. The molecule has 3 nitrogen and oxygen atoms in total. The molecule has 0 aliphatic carbocycles. The number of halogens is 1.